The van der Waals surface area contributed by atoms with Gasteiger partial charge in [0, 0.05) is 31.7 Å². The summed E-state index contributed by atoms with van der Waals surface area (Å²) in [6, 6.07) is 8.26. The van der Waals surface area contributed by atoms with Crippen LogP contribution in [0.2, 0.25) is 0 Å². The van der Waals surface area contributed by atoms with Gasteiger partial charge in [-0.2, -0.15) is 0 Å². The minimum atomic E-state index is 0.109. The van der Waals surface area contributed by atoms with Crippen LogP contribution in [0, 0.1) is 0 Å². The number of fused-ring (bicyclic) bond motifs is 1. The monoisotopic (exact) mass is 258 g/mol. The van der Waals surface area contributed by atoms with E-state index in [-0.39, 0.29) is 6.04 Å². The van der Waals surface area contributed by atoms with Gasteiger partial charge in [-0.25, -0.2) is 0 Å². The summed E-state index contributed by atoms with van der Waals surface area (Å²) < 4.78 is 0. The third-order valence-corrected chi connectivity index (χ3v) is 4.49. The molecule has 1 aromatic rings. The van der Waals surface area contributed by atoms with Crippen molar-refractivity contribution >= 4 is 5.78 Å². The number of carbonyl (C=O) groups is 1. The van der Waals surface area contributed by atoms with Crippen LogP contribution in [-0.2, 0) is 6.42 Å². The van der Waals surface area contributed by atoms with Gasteiger partial charge in [0.15, 0.2) is 5.78 Å². The summed E-state index contributed by atoms with van der Waals surface area (Å²) >= 11 is 0. The van der Waals surface area contributed by atoms with Crippen molar-refractivity contribution in [2.24, 2.45) is 0 Å². The zero-order valence-electron chi connectivity index (χ0n) is 11.6. The number of ketones is 1. The third-order valence-electron chi connectivity index (χ3n) is 4.49. The van der Waals surface area contributed by atoms with Gasteiger partial charge in [0.2, 0.25) is 0 Å². The second kappa shape index (κ2) is 5.43. The number of hydrogen-bond acceptors (Lipinski definition) is 3. The maximum atomic E-state index is 12.8. The van der Waals surface area contributed by atoms with Gasteiger partial charge >= 0.3 is 0 Å². The number of likely N-dealkylation sites (N-methyl/N-ethyl adjacent to an activating group) is 1. The second-order valence-electron chi connectivity index (χ2n) is 5.77. The lowest BCUT2D eigenvalue weighted by atomic mass is 9.99. The largest absolute Gasteiger partial charge is 0.304 e. The van der Waals surface area contributed by atoms with Crippen molar-refractivity contribution < 1.29 is 4.79 Å². The fraction of sp³-hybridized carbons (Fsp3) is 0.562. The Balaban J connectivity index is 1.82. The van der Waals surface area contributed by atoms with Crippen molar-refractivity contribution in [3.8, 4) is 0 Å². The molecule has 3 rings (SSSR count). The average Bonchev–Trinajstić information content (AvgIpc) is 2.60. The average molecular weight is 258 g/mol. The molecule has 1 atom stereocenters. The molecule has 1 fully saturated rings. The topological polar surface area (TPSA) is 23.6 Å². The highest BCUT2D eigenvalue weighted by molar-refractivity contribution is 6.01. The Morgan fingerprint density at radius 3 is 2.63 bits per heavy atom. The van der Waals surface area contributed by atoms with Crippen molar-refractivity contribution in [1.29, 1.82) is 0 Å². The van der Waals surface area contributed by atoms with Gasteiger partial charge in [-0.3, -0.25) is 9.69 Å². The van der Waals surface area contributed by atoms with Crippen LogP contribution in [0.3, 0.4) is 0 Å². The molecule has 0 N–H and O–H groups in total. The number of rotatable bonds is 1. The molecule has 0 aromatic heterocycles. The van der Waals surface area contributed by atoms with Gasteiger partial charge in [-0.15, -0.1) is 0 Å². The van der Waals surface area contributed by atoms with Crippen molar-refractivity contribution in [3.05, 3.63) is 35.4 Å². The molecule has 3 heteroatoms. The molecule has 1 aromatic carbocycles. The summed E-state index contributed by atoms with van der Waals surface area (Å²) in [4.78, 5) is 17.5. The molecule has 2 aliphatic rings. The first kappa shape index (κ1) is 12.8. The highest BCUT2D eigenvalue weighted by Gasteiger charge is 2.31. The third kappa shape index (κ3) is 2.58. The normalized spacial score (nSPS) is 25.9. The van der Waals surface area contributed by atoms with Crippen molar-refractivity contribution in [3.63, 3.8) is 0 Å². The number of carbonyl (C=O) groups excluding carboxylic acids is 1. The predicted molar refractivity (Wildman–Crippen MR) is 76.6 cm³/mol. The Morgan fingerprint density at radius 1 is 1.11 bits per heavy atom. The molecule has 1 saturated heterocycles. The molecule has 3 nitrogen and oxygen atoms in total. The van der Waals surface area contributed by atoms with E-state index in [1.54, 1.807) is 0 Å². The van der Waals surface area contributed by atoms with Gasteiger partial charge in [-0.1, -0.05) is 24.3 Å². The fourth-order valence-electron chi connectivity index (χ4n) is 3.26. The number of hydrogen-bond donors (Lipinski definition) is 0. The molecule has 102 valence electrons. The maximum Gasteiger partial charge on any atom is 0.180 e. The Bertz CT molecular complexity index is 464. The van der Waals surface area contributed by atoms with E-state index in [4.69, 9.17) is 0 Å². The van der Waals surface area contributed by atoms with E-state index in [2.05, 4.69) is 22.9 Å². The zero-order chi connectivity index (χ0) is 13.2. The van der Waals surface area contributed by atoms with Gasteiger partial charge < -0.3 is 4.90 Å². The van der Waals surface area contributed by atoms with Crippen molar-refractivity contribution in [2.45, 2.75) is 25.3 Å². The first-order valence-corrected chi connectivity index (χ1v) is 7.30. The van der Waals surface area contributed by atoms with Crippen molar-refractivity contribution in [1.82, 2.24) is 9.80 Å². The van der Waals surface area contributed by atoms with Crippen LogP contribution in [0.1, 0.15) is 28.8 Å². The number of aryl methyl sites for hydroxylation is 1. The molecular weight excluding hydrogens is 236 g/mol. The lowest BCUT2D eigenvalue weighted by Crippen LogP contribution is -2.51. The van der Waals surface area contributed by atoms with E-state index in [9.17, 15) is 4.79 Å². The Kier molecular flexibility index (Phi) is 3.67. The number of nitrogens with zero attached hydrogens (tertiary/aromatic N) is 2. The highest BCUT2D eigenvalue weighted by Crippen LogP contribution is 2.24. The lowest BCUT2D eigenvalue weighted by molar-refractivity contribution is 0.0691. The summed E-state index contributed by atoms with van der Waals surface area (Å²) in [7, 11) is 2.15. The molecule has 0 amide bonds. The first-order valence-electron chi connectivity index (χ1n) is 7.30. The minimum absolute atomic E-state index is 0.109. The minimum Gasteiger partial charge on any atom is -0.304 e. The molecule has 0 spiro atoms. The predicted octanol–water partition coefficient (Wildman–Crippen LogP) is 1.82. The van der Waals surface area contributed by atoms with Crippen molar-refractivity contribution in [2.75, 3.05) is 33.2 Å². The van der Waals surface area contributed by atoms with Crippen LogP contribution in [0.4, 0.5) is 0 Å². The standard InChI is InChI=1S/C16H22N2O/c1-17-9-11-18(12-10-17)15-8-4-6-13-5-2-3-7-14(13)16(15)19/h2-3,5,7,15H,4,6,8-12H2,1H3. The van der Waals surface area contributed by atoms with E-state index >= 15 is 0 Å². The van der Waals surface area contributed by atoms with Gasteiger partial charge in [0.25, 0.3) is 0 Å². The lowest BCUT2D eigenvalue weighted by Gasteiger charge is -2.37. The van der Waals surface area contributed by atoms with Crippen LogP contribution in [-0.4, -0.2) is 54.9 Å². The molecule has 0 radical (unpaired) electrons. The van der Waals surface area contributed by atoms with Crippen LogP contribution in [0.5, 0.6) is 0 Å². The van der Waals surface area contributed by atoms with E-state index in [0.717, 1.165) is 51.0 Å². The summed E-state index contributed by atoms with van der Waals surface area (Å²) in [5.41, 5.74) is 2.20. The molecule has 0 saturated carbocycles. The Morgan fingerprint density at radius 2 is 1.84 bits per heavy atom. The van der Waals surface area contributed by atoms with E-state index in [0.29, 0.717) is 5.78 Å². The summed E-state index contributed by atoms with van der Waals surface area (Å²) in [6.45, 7) is 4.20. The van der Waals surface area contributed by atoms with E-state index in [1.807, 2.05) is 18.2 Å². The highest BCUT2D eigenvalue weighted by atomic mass is 16.1. The smallest absolute Gasteiger partial charge is 0.180 e. The molecular formula is C16H22N2O. The van der Waals surface area contributed by atoms with E-state index < -0.39 is 0 Å². The number of benzene rings is 1. The molecule has 1 unspecified atom stereocenters. The second-order valence-corrected chi connectivity index (χ2v) is 5.77. The van der Waals surface area contributed by atoms with Gasteiger partial charge in [-0.05, 0) is 31.9 Å². The van der Waals surface area contributed by atoms with Gasteiger partial charge in [0.05, 0.1) is 6.04 Å². The molecule has 19 heavy (non-hydrogen) atoms. The SMILES string of the molecule is CN1CCN(C2CCCc3ccccc3C2=O)CC1. The maximum absolute atomic E-state index is 12.8. The zero-order valence-corrected chi connectivity index (χ0v) is 11.6. The number of piperazine rings is 1. The van der Waals surface area contributed by atoms with Crippen LogP contribution in [0.15, 0.2) is 24.3 Å². The van der Waals surface area contributed by atoms with Crippen LogP contribution in [0.25, 0.3) is 0 Å². The molecule has 1 aliphatic carbocycles. The number of Topliss-reactive ketones (excluding diaryl/α,β-unsaturated/α-hetero) is 1. The molecule has 1 aliphatic heterocycles. The van der Waals surface area contributed by atoms with Gasteiger partial charge in [0.1, 0.15) is 0 Å². The molecule has 0 bridgehead atoms. The Hall–Kier alpha value is -1.19. The summed E-state index contributed by atoms with van der Waals surface area (Å²) in [6.07, 6.45) is 3.18. The fourth-order valence-corrected chi connectivity index (χ4v) is 3.26. The summed E-state index contributed by atoms with van der Waals surface area (Å²) in [5, 5.41) is 0. The Labute approximate surface area is 115 Å². The first-order chi connectivity index (χ1) is 9.25. The van der Waals surface area contributed by atoms with Crippen LogP contribution >= 0.6 is 0 Å². The van der Waals surface area contributed by atoms with E-state index in [1.165, 1.54) is 5.56 Å². The molecule has 1 heterocycles. The quantitative estimate of drug-likeness (QED) is 0.718. The summed E-state index contributed by atoms with van der Waals surface area (Å²) in [5.74, 6) is 0.345. The van der Waals surface area contributed by atoms with Crippen LogP contribution < -0.4 is 0 Å².